The Bertz CT molecular complexity index is 913. The topological polar surface area (TPSA) is 55.1 Å². The van der Waals surface area contributed by atoms with Gasteiger partial charge in [-0.25, -0.2) is 9.78 Å². The molecule has 1 aromatic heterocycles. The summed E-state index contributed by atoms with van der Waals surface area (Å²) in [6, 6.07) is 17.3. The number of benzene rings is 2. The Balaban J connectivity index is 2.12. The highest BCUT2D eigenvalue weighted by Gasteiger charge is 2.36. The minimum absolute atomic E-state index is 0.168. The second kappa shape index (κ2) is 7.16. The van der Waals surface area contributed by atoms with Gasteiger partial charge in [0.1, 0.15) is 6.04 Å². The maximum Gasteiger partial charge on any atom is 0.327 e. The van der Waals surface area contributed by atoms with Crippen LogP contribution >= 0.6 is 11.8 Å². The molecule has 26 heavy (non-hydrogen) atoms. The van der Waals surface area contributed by atoms with Crippen molar-refractivity contribution >= 4 is 28.8 Å². The summed E-state index contributed by atoms with van der Waals surface area (Å²) in [6.07, 6.45) is 0. The van der Waals surface area contributed by atoms with Crippen LogP contribution in [0.3, 0.4) is 0 Å². The van der Waals surface area contributed by atoms with E-state index in [1.807, 2.05) is 67.8 Å². The normalized spacial score (nSPS) is 14.3. The number of carboxylic acid groups (broad SMARTS) is 1. The van der Waals surface area contributed by atoms with Crippen LogP contribution in [-0.4, -0.2) is 20.6 Å². The van der Waals surface area contributed by atoms with E-state index in [0.717, 1.165) is 16.2 Å². The average Bonchev–Trinajstić information content (AvgIpc) is 2.92. The minimum atomic E-state index is -0.838. The van der Waals surface area contributed by atoms with Gasteiger partial charge < -0.3 is 9.67 Å². The smallest absolute Gasteiger partial charge is 0.327 e. The van der Waals surface area contributed by atoms with Crippen molar-refractivity contribution in [2.75, 3.05) is 0 Å². The molecule has 1 N–H and O–H groups in total. The zero-order valence-corrected chi connectivity index (χ0v) is 16.3. The first-order valence-corrected chi connectivity index (χ1v) is 9.58. The molecule has 136 valence electrons. The summed E-state index contributed by atoms with van der Waals surface area (Å²) in [6.45, 7) is 7.98. The van der Waals surface area contributed by atoms with E-state index in [4.69, 9.17) is 4.98 Å². The van der Waals surface area contributed by atoms with Crippen LogP contribution in [0.2, 0.25) is 0 Å². The van der Waals surface area contributed by atoms with Gasteiger partial charge in [0, 0.05) is 5.25 Å². The molecule has 0 aliphatic heterocycles. The Kier molecular flexibility index (Phi) is 5.10. The fourth-order valence-corrected chi connectivity index (χ4v) is 4.25. The fraction of sp³-hybridized carbons (Fsp3) is 0.333. The van der Waals surface area contributed by atoms with Crippen LogP contribution in [0.15, 0.2) is 59.8 Å². The van der Waals surface area contributed by atoms with E-state index >= 15 is 0 Å². The number of hydrogen-bond acceptors (Lipinski definition) is 3. The first-order valence-electron chi connectivity index (χ1n) is 8.70. The Morgan fingerprint density at radius 3 is 2.31 bits per heavy atom. The van der Waals surface area contributed by atoms with Crippen LogP contribution in [-0.2, 0) is 4.79 Å². The molecule has 4 nitrogen and oxygen atoms in total. The van der Waals surface area contributed by atoms with Crippen molar-refractivity contribution in [3.63, 3.8) is 0 Å². The summed E-state index contributed by atoms with van der Waals surface area (Å²) in [5, 5.41) is 10.9. The summed E-state index contributed by atoms with van der Waals surface area (Å²) in [5.41, 5.74) is 2.43. The standard InChI is InChI=1S/C21H24N2O2S/c1-14(15-10-6-5-7-11-15)26-20-22-16-12-8-9-13-17(16)23(20)18(19(24)25)21(2,3)4/h5-14,18H,1-4H3,(H,24,25). The zero-order chi connectivity index (χ0) is 18.9. The molecule has 0 fully saturated rings. The molecule has 0 saturated heterocycles. The minimum Gasteiger partial charge on any atom is -0.480 e. The van der Waals surface area contributed by atoms with Crippen molar-refractivity contribution < 1.29 is 9.90 Å². The van der Waals surface area contributed by atoms with Gasteiger partial charge in [-0.05, 0) is 30.0 Å². The van der Waals surface area contributed by atoms with Crippen molar-refractivity contribution in [1.29, 1.82) is 0 Å². The van der Waals surface area contributed by atoms with E-state index in [2.05, 4.69) is 19.1 Å². The maximum absolute atomic E-state index is 12.1. The molecule has 0 amide bonds. The molecule has 0 radical (unpaired) electrons. The van der Waals surface area contributed by atoms with Crippen LogP contribution in [0.5, 0.6) is 0 Å². The fourth-order valence-electron chi connectivity index (χ4n) is 3.17. The predicted molar refractivity (Wildman–Crippen MR) is 107 cm³/mol. The molecule has 0 aliphatic rings. The lowest BCUT2D eigenvalue weighted by Gasteiger charge is -2.30. The molecular weight excluding hydrogens is 344 g/mol. The average molecular weight is 369 g/mol. The first-order chi connectivity index (χ1) is 12.3. The van der Waals surface area contributed by atoms with Crippen molar-refractivity contribution in [2.45, 2.75) is 44.1 Å². The molecule has 2 atom stereocenters. The molecule has 2 aromatic carbocycles. The second-order valence-corrected chi connectivity index (χ2v) is 8.84. The van der Waals surface area contributed by atoms with Gasteiger partial charge in [-0.1, -0.05) is 75.0 Å². The lowest BCUT2D eigenvalue weighted by atomic mass is 9.86. The Morgan fingerprint density at radius 1 is 1.08 bits per heavy atom. The van der Waals surface area contributed by atoms with Gasteiger partial charge in [0.25, 0.3) is 0 Å². The van der Waals surface area contributed by atoms with Crippen molar-refractivity contribution in [1.82, 2.24) is 9.55 Å². The number of rotatable bonds is 5. The number of carboxylic acids is 1. The summed E-state index contributed by atoms with van der Waals surface area (Å²) in [7, 11) is 0. The first kappa shape index (κ1) is 18.5. The molecular formula is C21H24N2O2S. The Labute approximate surface area is 158 Å². The van der Waals surface area contributed by atoms with E-state index in [1.54, 1.807) is 11.8 Å². The highest BCUT2D eigenvalue weighted by molar-refractivity contribution is 7.99. The van der Waals surface area contributed by atoms with E-state index in [-0.39, 0.29) is 5.25 Å². The number of fused-ring (bicyclic) bond motifs is 1. The van der Waals surface area contributed by atoms with Gasteiger partial charge in [0.15, 0.2) is 5.16 Å². The van der Waals surface area contributed by atoms with Crippen molar-refractivity contribution in [3.05, 3.63) is 60.2 Å². The molecule has 1 heterocycles. The number of aliphatic carboxylic acids is 1. The predicted octanol–water partition coefficient (Wildman–Crippen LogP) is 5.56. The molecule has 5 heteroatoms. The second-order valence-electron chi connectivity index (χ2n) is 7.53. The number of nitrogens with zero attached hydrogens (tertiary/aromatic N) is 2. The third-order valence-corrected chi connectivity index (χ3v) is 5.55. The molecule has 3 aromatic rings. The van der Waals surface area contributed by atoms with Crippen molar-refractivity contribution in [2.24, 2.45) is 5.41 Å². The Hall–Kier alpha value is -2.27. The highest BCUT2D eigenvalue weighted by atomic mass is 32.2. The van der Waals surface area contributed by atoms with E-state index in [1.165, 1.54) is 5.56 Å². The van der Waals surface area contributed by atoms with Gasteiger partial charge in [0.05, 0.1) is 11.0 Å². The van der Waals surface area contributed by atoms with E-state index in [9.17, 15) is 9.90 Å². The largest absolute Gasteiger partial charge is 0.480 e. The lowest BCUT2D eigenvalue weighted by Crippen LogP contribution is -2.32. The van der Waals surface area contributed by atoms with Crippen molar-refractivity contribution in [3.8, 4) is 0 Å². The number of thioether (sulfide) groups is 1. The van der Waals surface area contributed by atoms with Crippen LogP contribution in [0.1, 0.15) is 44.6 Å². The SMILES string of the molecule is CC(Sc1nc2ccccc2n1C(C(=O)O)C(C)(C)C)c1ccccc1. The van der Waals surface area contributed by atoms with Crippen LogP contribution in [0, 0.1) is 5.41 Å². The summed E-state index contributed by atoms with van der Waals surface area (Å²) in [5.74, 6) is -0.838. The highest BCUT2D eigenvalue weighted by Crippen LogP contribution is 2.41. The maximum atomic E-state index is 12.1. The van der Waals surface area contributed by atoms with Gasteiger partial charge in [-0.15, -0.1) is 0 Å². The molecule has 0 bridgehead atoms. The van der Waals surface area contributed by atoms with Gasteiger partial charge in [-0.2, -0.15) is 0 Å². The van der Waals surface area contributed by atoms with E-state index in [0.29, 0.717) is 0 Å². The van der Waals surface area contributed by atoms with E-state index < -0.39 is 17.4 Å². The molecule has 3 rings (SSSR count). The van der Waals surface area contributed by atoms with Crippen LogP contribution < -0.4 is 0 Å². The summed E-state index contributed by atoms with van der Waals surface area (Å²) >= 11 is 1.60. The quantitative estimate of drug-likeness (QED) is 0.599. The molecule has 0 spiro atoms. The lowest BCUT2D eigenvalue weighted by molar-refractivity contribution is -0.144. The number of aromatic nitrogens is 2. The zero-order valence-electron chi connectivity index (χ0n) is 15.5. The summed E-state index contributed by atoms with van der Waals surface area (Å²) < 4.78 is 1.89. The van der Waals surface area contributed by atoms with Crippen LogP contribution in [0.25, 0.3) is 11.0 Å². The number of carbonyl (C=O) groups is 1. The number of imidazole rings is 1. The summed E-state index contributed by atoms with van der Waals surface area (Å²) in [4.78, 5) is 16.9. The molecule has 0 aliphatic carbocycles. The van der Waals surface area contributed by atoms with Crippen LogP contribution in [0.4, 0.5) is 0 Å². The van der Waals surface area contributed by atoms with Gasteiger partial charge in [0.2, 0.25) is 0 Å². The third kappa shape index (κ3) is 3.63. The molecule has 2 unspecified atom stereocenters. The third-order valence-electron chi connectivity index (χ3n) is 4.43. The van der Waals surface area contributed by atoms with Gasteiger partial charge in [-0.3, -0.25) is 0 Å². The monoisotopic (exact) mass is 368 g/mol. The number of hydrogen-bond donors (Lipinski definition) is 1. The number of para-hydroxylation sites is 2. The van der Waals surface area contributed by atoms with Gasteiger partial charge >= 0.3 is 5.97 Å². The Morgan fingerprint density at radius 2 is 1.69 bits per heavy atom. The molecule has 0 saturated carbocycles.